The Labute approximate surface area is 187 Å². The van der Waals surface area contributed by atoms with E-state index in [-0.39, 0.29) is 23.7 Å². The van der Waals surface area contributed by atoms with Gasteiger partial charge < -0.3 is 10.6 Å². The van der Waals surface area contributed by atoms with Gasteiger partial charge in [0.1, 0.15) is 6.04 Å². The van der Waals surface area contributed by atoms with Gasteiger partial charge in [-0.2, -0.15) is 4.31 Å². The molecule has 1 aliphatic heterocycles. The van der Waals surface area contributed by atoms with Crippen LogP contribution in [0.5, 0.6) is 0 Å². The van der Waals surface area contributed by atoms with Gasteiger partial charge >= 0.3 is 0 Å². The molecule has 1 aromatic carbocycles. The van der Waals surface area contributed by atoms with Gasteiger partial charge in [-0.05, 0) is 48.3 Å². The number of nitrogens with zero attached hydrogens (tertiary/aromatic N) is 1. The molecular weight excluding hydrogens is 434 g/mol. The quantitative estimate of drug-likeness (QED) is 0.629. The lowest BCUT2D eigenvalue weighted by atomic mass is 9.97. The van der Waals surface area contributed by atoms with Gasteiger partial charge in [0.05, 0.1) is 9.77 Å². The maximum Gasteiger partial charge on any atom is 0.262 e. The van der Waals surface area contributed by atoms with E-state index in [1.807, 2.05) is 19.2 Å². The van der Waals surface area contributed by atoms with Crippen LogP contribution in [0.3, 0.4) is 0 Å². The predicted octanol–water partition coefficient (Wildman–Crippen LogP) is 2.72. The van der Waals surface area contributed by atoms with Crippen LogP contribution in [0, 0.1) is 11.8 Å². The molecule has 2 amide bonds. The second kappa shape index (κ2) is 10.4. The molecule has 7 nitrogen and oxygen atoms in total. The van der Waals surface area contributed by atoms with E-state index >= 15 is 0 Å². The summed E-state index contributed by atoms with van der Waals surface area (Å²) < 4.78 is 27.0. The Bertz CT molecular complexity index is 967. The van der Waals surface area contributed by atoms with E-state index < -0.39 is 16.1 Å². The van der Waals surface area contributed by atoms with Crippen molar-refractivity contribution in [2.45, 2.75) is 37.6 Å². The molecule has 0 spiro atoms. The number of hydrogen-bond acceptors (Lipinski definition) is 5. The zero-order valence-electron chi connectivity index (χ0n) is 17.8. The predicted molar refractivity (Wildman–Crippen MR) is 121 cm³/mol. The van der Waals surface area contributed by atoms with Crippen molar-refractivity contribution >= 4 is 33.2 Å². The van der Waals surface area contributed by atoms with Gasteiger partial charge in [0.15, 0.2) is 0 Å². The number of carbonyl (C=O) groups excluding carboxylic acids is 2. The molecule has 2 N–H and O–H groups in total. The molecule has 2 heterocycles. The number of nitrogens with one attached hydrogen (secondary N) is 2. The Kier molecular flexibility index (Phi) is 7.85. The fourth-order valence-electron chi connectivity index (χ4n) is 3.61. The third kappa shape index (κ3) is 5.93. The fraction of sp³-hybridized carbons (Fsp3) is 0.455. The monoisotopic (exact) mass is 463 g/mol. The highest BCUT2D eigenvalue weighted by atomic mass is 32.2. The van der Waals surface area contributed by atoms with Gasteiger partial charge in [0, 0.05) is 19.6 Å². The van der Waals surface area contributed by atoms with Crippen molar-refractivity contribution in [3.8, 4) is 0 Å². The van der Waals surface area contributed by atoms with E-state index in [0.717, 1.165) is 0 Å². The first-order valence-corrected chi connectivity index (χ1v) is 12.8. The molecule has 168 valence electrons. The summed E-state index contributed by atoms with van der Waals surface area (Å²) in [7, 11) is -3.48. The average molecular weight is 464 g/mol. The first-order valence-electron chi connectivity index (χ1n) is 10.5. The summed E-state index contributed by atoms with van der Waals surface area (Å²) in [4.78, 5) is 25.9. The number of piperidine rings is 1. The molecule has 1 aliphatic rings. The summed E-state index contributed by atoms with van der Waals surface area (Å²) in [5.74, 6) is -0.309. The minimum atomic E-state index is -3.48. The molecule has 1 fully saturated rings. The molecule has 2 aromatic rings. The maximum absolute atomic E-state index is 12.7. The first-order chi connectivity index (χ1) is 14.8. The highest BCUT2D eigenvalue weighted by molar-refractivity contribution is 7.89. The van der Waals surface area contributed by atoms with Crippen LogP contribution in [-0.2, 0) is 14.8 Å². The van der Waals surface area contributed by atoms with Crippen LogP contribution in [0.2, 0.25) is 0 Å². The fourth-order valence-corrected chi connectivity index (χ4v) is 5.72. The Morgan fingerprint density at radius 2 is 1.77 bits per heavy atom. The van der Waals surface area contributed by atoms with Crippen molar-refractivity contribution in [3.05, 3.63) is 52.7 Å². The lowest BCUT2D eigenvalue weighted by Crippen LogP contribution is -2.51. The molecule has 0 saturated carbocycles. The van der Waals surface area contributed by atoms with Crippen LogP contribution in [0.4, 0.5) is 0 Å². The molecule has 1 aromatic heterocycles. The van der Waals surface area contributed by atoms with Crippen molar-refractivity contribution in [1.29, 1.82) is 0 Å². The van der Waals surface area contributed by atoms with Crippen LogP contribution in [0.1, 0.15) is 36.4 Å². The number of carbonyl (C=O) groups is 2. The summed E-state index contributed by atoms with van der Waals surface area (Å²) in [6, 6.07) is 11.4. The maximum atomic E-state index is 12.7. The summed E-state index contributed by atoms with van der Waals surface area (Å²) >= 11 is 1.34. The van der Waals surface area contributed by atoms with Gasteiger partial charge in [0.2, 0.25) is 15.9 Å². The SMILES string of the molecule is CC(C)C(NC(=O)c1cccs1)C(=O)NCC1CCN(S(=O)(=O)c2ccccc2)CC1. The van der Waals surface area contributed by atoms with Gasteiger partial charge in [0.25, 0.3) is 5.91 Å². The Hall–Kier alpha value is -2.23. The standard InChI is InChI=1S/C22H29N3O4S2/c1-16(2)20(24-21(26)19-9-6-14-30-19)22(27)23-15-17-10-12-25(13-11-17)31(28,29)18-7-4-3-5-8-18/h3-9,14,16-17,20H,10-13,15H2,1-2H3,(H,23,27)(H,24,26). The van der Waals surface area contributed by atoms with Crippen LogP contribution >= 0.6 is 11.3 Å². The van der Waals surface area contributed by atoms with E-state index in [1.165, 1.54) is 15.6 Å². The molecular formula is C22H29N3O4S2. The second-order valence-corrected chi connectivity index (χ2v) is 11.0. The van der Waals surface area contributed by atoms with E-state index in [1.54, 1.807) is 42.5 Å². The van der Waals surface area contributed by atoms with Crippen molar-refractivity contribution < 1.29 is 18.0 Å². The number of sulfonamides is 1. The molecule has 0 radical (unpaired) electrons. The van der Waals surface area contributed by atoms with Crippen molar-refractivity contribution in [1.82, 2.24) is 14.9 Å². The highest BCUT2D eigenvalue weighted by Crippen LogP contribution is 2.23. The van der Waals surface area contributed by atoms with Crippen molar-refractivity contribution in [2.75, 3.05) is 19.6 Å². The number of hydrogen-bond donors (Lipinski definition) is 2. The van der Waals surface area contributed by atoms with Crippen LogP contribution in [0.15, 0.2) is 52.7 Å². The minimum Gasteiger partial charge on any atom is -0.354 e. The van der Waals surface area contributed by atoms with Gasteiger partial charge in [-0.1, -0.05) is 38.1 Å². The third-order valence-electron chi connectivity index (χ3n) is 5.50. The lowest BCUT2D eigenvalue weighted by Gasteiger charge is -2.31. The molecule has 0 aliphatic carbocycles. The van der Waals surface area contributed by atoms with Crippen LogP contribution in [0.25, 0.3) is 0 Å². The zero-order chi connectivity index (χ0) is 22.4. The van der Waals surface area contributed by atoms with E-state index in [0.29, 0.717) is 42.2 Å². The minimum absolute atomic E-state index is 0.0539. The van der Waals surface area contributed by atoms with Crippen molar-refractivity contribution in [2.24, 2.45) is 11.8 Å². The summed E-state index contributed by atoms with van der Waals surface area (Å²) in [6.07, 6.45) is 1.36. The number of benzene rings is 1. The summed E-state index contributed by atoms with van der Waals surface area (Å²) in [5.41, 5.74) is 0. The summed E-state index contributed by atoms with van der Waals surface area (Å²) in [5, 5.41) is 7.60. The van der Waals surface area contributed by atoms with Gasteiger partial charge in [-0.3, -0.25) is 9.59 Å². The van der Waals surface area contributed by atoms with Crippen molar-refractivity contribution in [3.63, 3.8) is 0 Å². The van der Waals surface area contributed by atoms with E-state index in [4.69, 9.17) is 0 Å². The smallest absolute Gasteiger partial charge is 0.262 e. The number of amides is 2. The topological polar surface area (TPSA) is 95.6 Å². The molecule has 1 unspecified atom stereocenters. The molecule has 9 heteroatoms. The first kappa shape index (κ1) is 23.4. The molecule has 1 saturated heterocycles. The van der Waals surface area contributed by atoms with Crippen LogP contribution in [-0.4, -0.2) is 50.2 Å². The molecule has 0 bridgehead atoms. The Morgan fingerprint density at radius 3 is 2.35 bits per heavy atom. The molecule has 31 heavy (non-hydrogen) atoms. The number of thiophene rings is 1. The zero-order valence-corrected chi connectivity index (χ0v) is 19.4. The molecule has 1 atom stereocenters. The Balaban J connectivity index is 1.50. The number of rotatable bonds is 8. The average Bonchev–Trinajstić information content (AvgIpc) is 3.31. The lowest BCUT2D eigenvalue weighted by molar-refractivity contribution is -0.124. The normalized spacial score (nSPS) is 16.7. The van der Waals surface area contributed by atoms with Crippen LogP contribution < -0.4 is 10.6 Å². The van der Waals surface area contributed by atoms with E-state index in [2.05, 4.69) is 10.6 Å². The largest absolute Gasteiger partial charge is 0.354 e. The van der Waals surface area contributed by atoms with Gasteiger partial charge in [-0.15, -0.1) is 11.3 Å². The van der Waals surface area contributed by atoms with Gasteiger partial charge in [-0.25, -0.2) is 8.42 Å². The molecule has 3 rings (SSSR count). The van der Waals surface area contributed by atoms with E-state index in [9.17, 15) is 18.0 Å². The second-order valence-electron chi connectivity index (χ2n) is 8.08. The Morgan fingerprint density at radius 1 is 1.10 bits per heavy atom. The third-order valence-corrected chi connectivity index (χ3v) is 8.28. The summed E-state index contributed by atoms with van der Waals surface area (Å²) in [6.45, 7) is 5.12. The highest BCUT2D eigenvalue weighted by Gasteiger charge is 2.30.